The van der Waals surface area contributed by atoms with Gasteiger partial charge in [-0.15, -0.1) is 11.3 Å². The highest BCUT2D eigenvalue weighted by Gasteiger charge is 1.97. The predicted octanol–water partition coefficient (Wildman–Crippen LogP) is 3.88. The lowest BCUT2D eigenvalue weighted by Gasteiger charge is -2.00. The lowest BCUT2D eigenvalue weighted by molar-refractivity contribution is -0.116. The number of thiophene rings is 1. The van der Waals surface area contributed by atoms with Crippen LogP contribution in [0.15, 0.2) is 52.3 Å². The Hall–Kier alpha value is -1.39. The molecule has 0 unspecified atom stereocenters. The van der Waals surface area contributed by atoms with Crippen LogP contribution in [-0.2, 0) is 11.2 Å². The second-order valence-corrected chi connectivity index (χ2v) is 5.95. The highest BCUT2D eigenvalue weighted by molar-refractivity contribution is 9.10. The Balaban J connectivity index is 1.76. The molecule has 0 aliphatic heterocycles. The van der Waals surface area contributed by atoms with Crippen LogP contribution in [0.5, 0.6) is 0 Å². The minimum Gasteiger partial charge on any atom is -0.352 e. The van der Waals surface area contributed by atoms with Crippen LogP contribution in [0.1, 0.15) is 10.4 Å². The topological polar surface area (TPSA) is 29.1 Å². The average Bonchev–Trinajstić information content (AvgIpc) is 2.91. The van der Waals surface area contributed by atoms with Crippen molar-refractivity contribution < 1.29 is 4.79 Å². The number of amides is 1. The molecule has 0 saturated heterocycles. The summed E-state index contributed by atoms with van der Waals surface area (Å²) in [7, 11) is 0. The number of carbonyl (C=O) groups is 1. The zero-order valence-electron chi connectivity index (χ0n) is 10.3. The normalized spacial score (nSPS) is 10.8. The van der Waals surface area contributed by atoms with Crippen LogP contribution in [0.3, 0.4) is 0 Å². The second-order valence-electron chi connectivity index (χ2n) is 4.01. The van der Waals surface area contributed by atoms with E-state index in [9.17, 15) is 4.79 Å². The van der Waals surface area contributed by atoms with Crippen LogP contribution in [0.4, 0.5) is 0 Å². The molecule has 19 heavy (non-hydrogen) atoms. The van der Waals surface area contributed by atoms with Crippen molar-refractivity contribution in [3.63, 3.8) is 0 Å². The molecule has 1 aromatic heterocycles. The van der Waals surface area contributed by atoms with E-state index in [-0.39, 0.29) is 5.91 Å². The summed E-state index contributed by atoms with van der Waals surface area (Å²) >= 11 is 5.09. The standard InChI is InChI=1S/C15H14BrNOS/c16-13-6-3-12(4-7-13)5-8-15(18)17-10-9-14-2-1-11-19-14/h1-8,11H,9-10H2,(H,17,18)/b8-5+. The molecule has 0 fully saturated rings. The third kappa shape index (κ3) is 5.01. The molecule has 2 nitrogen and oxygen atoms in total. The van der Waals surface area contributed by atoms with Crippen LogP contribution >= 0.6 is 27.3 Å². The summed E-state index contributed by atoms with van der Waals surface area (Å²) in [5, 5.41) is 4.92. The Morgan fingerprint density at radius 2 is 2.05 bits per heavy atom. The van der Waals surface area contributed by atoms with Gasteiger partial charge in [0, 0.05) is 22.0 Å². The van der Waals surface area contributed by atoms with Crippen molar-refractivity contribution in [1.29, 1.82) is 0 Å². The Bertz CT molecular complexity index is 546. The van der Waals surface area contributed by atoms with Gasteiger partial charge in [0.05, 0.1) is 0 Å². The molecule has 4 heteroatoms. The minimum atomic E-state index is -0.0560. The zero-order valence-corrected chi connectivity index (χ0v) is 12.7. The van der Waals surface area contributed by atoms with Gasteiger partial charge in [-0.2, -0.15) is 0 Å². The van der Waals surface area contributed by atoms with E-state index in [1.807, 2.05) is 41.8 Å². The van der Waals surface area contributed by atoms with E-state index in [2.05, 4.69) is 27.3 Å². The molecule has 0 bridgehead atoms. The number of hydrogen-bond acceptors (Lipinski definition) is 2. The molecule has 1 heterocycles. The number of hydrogen-bond donors (Lipinski definition) is 1. The molecule has 2 aromatic rings. The van der Waals surface area contributed by atoms with Crippen LogP contribution in [0, 0.1) is 0 Å². The highest BCUT2D eigenvalue weighted by atomic mass is 79.9. The largest absolute Gasteiger partial charge is 0.352 e. The van der Waals surface area contributed by atoms with E-state index in [1.54, 1.807) is 17.4 Å². The van der Waals surface area contributed by atoms with E-state index in [4.69, 9.17) is 0 Å². The Morgan fingerprint density at radius 1 is 1.26 bits per heavy atom. The molecule has 0 aliphatic rings. The van der Waals surface area contributed by atoms with Gasteiger partial charge >= 0.3 is 0 Å². The van der Waals surface area contributed by atoms with Gasteiger partial charge < -0.3 is 5.32 Å². The maximum absolute atomic E-state index is 11.6. The third-order valence-corrected chi connectivity index (χ3v) is 4.01. The molecule has 2 rings (SSSR count). The van der Waals surface area contributed by atoms with Crippen molar-refractivity contribution in [3.05, 3.63) is 62.8 Å². The maximum atomic E-state index is 11.6. The lowest BCUT2D eigenvalue weighted by Crippen LogP contribution is -2.23. The van der Waals surface area contributed by atoms with Crippen molar-refractivity contribution in [1.82, 2.24) is 5.32 Å². The molecule has 0 aliphatic carbocycles. The molecular formula is C15H14BrNOS. The molecule has 0 atom stereocenters. The van der Waals surface area contributed by atoms with Crippen LogP contribution < -0.4 is 5.32 Å². The molecule has 98 valence electrons. The zero-order chi connectivity index (χ0) is 13.5. The fraction of sp³-hybridized carbons (Fsp3) is 0.133. The minimum absolute atomic E-state index is 0.0560. The smallest absolute Gasteiger partial charge is 0.244 e. The van der Waals surface area contributed by atoms with Gasteiger partial charge in [0.15, 0.2) is 0 Å². The summed E-state index contributed by atoms with van der Waals surface area (Å²) in [5.74, 6) is -0.0560. The number of benzene rings is 1. The number of rotatable bonds is 5. The van der Waals surface area contributed by atoms with E-state index in [1.165, 1.54) is 4.88 Å². The van der Waals surface area contributed by atoms with Crippen LogP contribution in [-0.4, -0.2) is 12.5 Å². The van der Waals surface area contributed by atoms with Gasteiger partial charge in [-0.05, 0) is 41.6 Å². The van der Waals surface area contributed by atoms with Gasteiger partial charge in [-0.1, -0.05) is 34.1 Å². The third-order valence-electron chi connectivity index (χ3n) is 2.55. The summed E-state index contributed by atoms with van der Waals surface area (Å²) < 4.78 is 1.03. The Kier molecular flexibility index (Phi) is 5.36. The SMILES string of the molecule is O=C(/C=C/c1ccc(Br)cc1)NCCc1cccs1. The van der Waals surface area contributed by atoms with Crippen LogP contribution in [0.2, 0.25) is 0 Å². The van der Waals surface area contributed by atoms with Gasteiger partial charge in [-0.25, -0.2) is 0 Å². The predicted molar refractivity (Wildman–Crippen MR) is 84.2 cm³/mol. The molecular weight excluding hydrogens is 322 g/mol. The van der Waals surface area contributed by atoms with Gasteiger partial charge in [0.1, 0.15) is 0 Å². The molecule has 0 radical (unpaired) electrons. The quantitative estimate of drug-likeness (QED) is 0.825. The highest BCUT2D eigenvalue weighted by Crippen LogP contribution is 2.11. The van der Waals surface area contributed by atoms with Gasteiger partial charge in [0.25, 0.3) is 0 Å². The van der Waals surface area contributed by atoms with E-state index in [0.717, 1.165) is 16.5 Å². The van der Waals surface area contributed by atoms with Crippen molar-refractivity contribution in [2.45, 2.75) is 6.42 Å². The number of halogens is 1. The summed E-state index contributed by atoms with van der Waals surface area (Å²) in [5.41, 5.74) is 1.01. The van der Waals surface area contributed by atoms with Crippen molar-refractivity contribution in [2.75, 3.05) is 6.54 Å². The lowest BCUT2D eigenvalue weighted by atomic mass is 10.2. The van der Waals surface area contributed by atoms with Crippen molar-refractivity contribution >= 4 is 39.2 Å². The summed E-state index contributed by atoms with van der Waals surface area (Å²) in [6.07, 6.45) is 4.26. The second kappa shape index (κ2) is 7.26. The number of nitrogens with one attached hydrogen (secondary N) is 1. The Morgan fingerprint density at radius 3 is 2.74 bits per heavy atom. The van der Waals surface area contributed by atoms with Gasteiger partial charge in [0.2, 0.25) is 5.91 Å². The van der Waals surface area contributed by atoms with E-state index < -0.39 is 0 Å². The molecule has 1 amide bonds. The van der Waals surface area contributed by atoms with E-state index >= 15 is 0 Å². The van der Waals surface area contributed by atoms with Crippen LogP contribution in [0.25, 0.3) is 6.08 Å². The fourth-order valence-electron chi connectivity index (χ4n) is 1.57. The Labute approximate surface area is 125 Å². The fourth-order valence-corrected chi connectivity index (χ4v) is 2.54. The summed E-state index contributed by atoms with van der Waals surface area (Å²) in [6.45, 7) is 0.671. The monoisotopic (exact) mass is 335 g/mol. The summed E-state index contributed by atoms with van der Waals surface area (Å²) in [6, 6.07) is 11.9. The first kappa shape index (κ1) is 14.0. The maximum Gasteiger partial charge on any atom is 0.244 e. The van der Waals surface area contributed by atoms with Crippen molar-refractivity contribution in [3.8, 4) is 0 Å². The first-order valence-electron chi connectivity index (χ1n) is 5.98. The molecule has 1 N–H and O–H groups in total. The van der Waals surface area contributed by atoms with Crippen molar-refractivity contribution in [2.24, 2.45) is 0 Å². The molecule has 0 spiro atoms. The van der Waals surface area contributed by atoms with E-state index in [0.29, 0.717) is 6.54 Å². The molecule has 1 aromatic carbocycles. The number of carbonyl (C=O) groups excluding carboxylic acids is 1. The molecule has 0 saturated carbocycles. The first-order chi connectivity index (χ1) is 9.24. The first-order valence-corrected chi connectivity index (χ1v) is 7.65. The summed E-state index contributed by atoms with van der Waals surface area (Å²) in [4.78, 5) is 12.9. The van der Waals surface area contributed by atoms with Gasteiger partial charge in [-0.3, -0.25) is 4.79 Å². The average molecular weight is 336 g/mol.